The highest BCUT2D eigenvalue weighted by Crippen LogP contribution is 2.44. The summed E-state index contributed by atoms with van der Waals surface area (Å²) < 4.78 is 10.5. The lowest BCUT2D eigenvalue weighted by atomic mass is 10.1. The maximum absolute atomic E-state index is 6.46. The predicted molar refractivity (Wildman–Crippen MR) is 76.6 cm³/mol. The zero-order chi connectivity index (χ0) is 13.1. The highest BCUT2D eigenvalue weighted by molar-refractivity contribution is 7.10. The molecule has 0 aliphatic carbocycles. The van der Waals surface area contributed by atoms with Crippen LogP contribution in [0.2, 0.25) is 5.02 Å². The van der Waals surface area contributed by atoms with Crippen LogP contribution >= 0.6 is 34.5 Å². The van der Waals surface area contributed by atoms with E-state index >= 15 is 0 Å². The minimum Gasteiger partial charge on any atom is -0.495 e. The molecule has 0 fully saturated rings. The molecule has 0 spiro atoms. The van der Waals surface area contributed by atoms with Crippen LogP contribution < -0.4 is 9.47 Å². The van der Waals surface area contributed by atoms with E-state index in [2.05, 4.69) is 0 Å². The summed E-state index contributed by atoms with van der Waals surface area (Å²) in [6, 6.07) is 7.62. The molecule has 1 aromatic carbocycles. The molecule has 0 amide bonds. The molecule has 96 valence electrons. The molecule has 1 aromatic heterocycles. The molecule has 2 nitrogen and oxygen atoms in total. The lowest BCUT2D eigenvalue weighted by Gasteiger charge is -2.16. The van der Waals surface area contributed by atoms with Gasteiger partial charge in [0.25, 0.3) is 0 Å². The lowest BCUT2D eigenvalue weighted by Crippen LogP contribution is -1.98. The van der Waals surface area contributed by atoms with Gasteiger partial charge >= 0.3 is 0 Å². The fourth-order valence-corrected chi connectivity index (χ4v) is 3.15. The van der Waals surface area contributed by atoms with E-state index in [0.29, 0.717) is 16.5 Å². The average molecular weight is 303 g/mol. The Morgan fingerprint density at radius 1 is 1.17 bits per heavy atom. The number of alkyl halides is 1. The molecule has 2 rings (SSSR count). The molecular weight excluding hydrogens is 291 g/mol. The Kier molecular flexibility index (Phi) is 4.38. The van der Waals surface area contributed by atoms with Gasteiger partial charge in [0.1, 0.15) is 16.5 Å². The van der Waals surface area contributed by atoms with Gasteiger partial charge in [-0.2, -0.15) is 0 Å². The summed E-state index contributed by atoms with van der Waals surface area (Å²) in [4.78, 5) is 1.05. The molecule has 0 radical (unpaired) electrons. The molecule has 0 aliphatic heterocycles. The molecule has 0 saturated carbocycles. The van der Waals surface area contributed by atoms with Crippen LogP contribution in [-0.2, 0) is 0 Å². The summed E-state index contributed by atoms with van der Waals surface area (Å²) in [5.41, 5.74) is 0.840. The number of methoxy groups -OCH3 is 2. The van der Waals surface area contributed by atoms with E-state index in [-0.39, 0.29) is 5.38 Å². The molecular formula is C13H12Cl2O2S. The Hall–Kier alpha value is -0.900. The SMILES string of the molecule is COc1ccc(C(Cl)c2cccs2)c(OC)c1Cl. The van der Waals surface area contributed by atoms with E-state index in [9.17, 15) is 0 Å². The Morgan fingerprint density at radius 3 is 2.50 bits per heavy atom. The number of benzene rings is 1. The lowest BCUT2D eigenvalue weighted by molar-refractivity contribution is 0.392. The fourth-order valence-electron chi connectivity index (χ4n) is 1.71. The predicted octanol–water partition coefficient (Wildman–Crippen LogP) is 4.75. The molecule has 0 bridgehead atoms. The summed E-state index contributed by atoms with van der Waals surface area (Å²) in [6.07, 6.45) is 0. The summed E-state index contributed by atoms with van der Waals surface area (Å²) >= 11 is 14.3. The minimum absolute atomic E-state index is 0.275. The van der Waals surface area contributed by atoms with E-state index in [1.54, 1.807) is 31.6 Å². The second kappa shape index (κ2) is 5.83. The van der Waals surface area contributed by atoms with Crippen molar-refractivity contribution in [3.63, 3.8) is 0 Å². The first-order valence-electron chi connectivity index (χ1n) is 5.27. The second-order valence-electron chi connectivity index (χ2n) is 3.58. The highest BCUT2D eigenvalue weighted by Gasteiger charge is 2.20. The highest BCUT2D eigenvalue weighted by atomic mass is 35.5. The van der Waals surface area contributed by atoms with Crippen molar-refractivity contribution in [1.29, 1.82) is 0 Å². The number of rotatable bonds is 4. The van der Waals surface area contributed by atoms with E-state index in [4.69, 9.17) is 32.7 Å². The molecule has 0 N–H and O–H groups in total. The first-order valence-corrected chi connectivity index (χ1v) is 6.96. The first-order chi connectivity index (χ1) is 8.69. The molecule has 18 heavy (non-hydrogen) atoms. The Labute approximate surface area is 120 Å². The molecule has 0 aliphatic rings. The van der Waals surface area contributed by atoms with Gasteiger partial charge in [0.2, 0.25) is 0 Å². The number of halogens is 2. The molecule has 1 unspecified atom stereocenters. The average Bonchev–Trinajstić information content (AvgIpc) is 2.91. The molecule has 1 atom stereocenters. The van der Waals surface area contributed by atoms with Gasteiger partial charge in [0.15, 0.2) is 0 Å². The van der Waals surface area contributed by atoms with Crippen molar-refractivity contribution in [2.24, 2.45) is 0 Å². The van der Waals surface area contributed by atoms with Crippen LogP contribution in [-0.4, -0.2) is 14.2 Å². The number of hydrogen-bond donors (Lipinski definition) is 0. The molecule has 1 heterocycles. The van der Waals surface area contributed by atoms with Gasteiger partial charge in [-0.25, -0.2) is 0 Å². The smallest absolute Gasteiger partial charge is 0.146 e. The maximum atomic E-state index is 6.46. The van der Waals surface area contributed by atoms with Gasteiger partial charge in [-0.3, -0.25) is 0 Å². The van der Waals surface area contributed by atoms with Crippen LogP contribution in [0.5, 0.6) is 11.5 Å². The number of ether oxygens (including phenoxy) is 2. The van der Waals surface area contributed by atoms with Crippen LogP contribution in [0, 0.1) is 0 Å². The van der Waals surface area contributed by atoms with Crippen LogP contribution in [0.25, 0.3) is 0 Å². The molecule has 0 saturated heterocycles. The van der Waals surface area contributed by atoms with Crippen molar-refractivity contribution >= 4 is 34.5 Å². The van der Waals surface area contributed by atoms with Crippen molar-refractivity contribution in [2.75, 3.05) is 14.2 Å². The topological polar surface area (TPSA) is 18.5 Å². The first kappa shape index (κ1) is 13.5. The van der Waals surface area contributed by atoms with Crippen molar-refractivity contribution in [3.05, 3.63) is 45.1 Å². The summed E-state index contributed by atoms with van der Waals surface area (Å²) in [5.74, 6) is 1.14. The quantitative estimate of drug-likeness (QED) is 0.759. The van der Waals surface area contributed by atoms with Gasteiger partial charge in [-0.1, -0.05) is 17.7 Å². The second-order valence-corrected chi connectivity index (χ2v) is 5.38. The van der Waals surface area contributed by atoms with Crippen molar-refractivity contribution in [1.82, 2.24) is 0 Å². The van der Waals surface area contributed by atoms with Crippen LogP contribution in [0.15, 0.2) is 29.6 Å². The largest absolute Gasteiger partial charge is 0.495 e. The summed E-state index contributed by atoms with van der Waals surface area (Å²) in [5, 5.41) is 2.16. The van der Waals surface area contributed by atoms with E-state index in [1.807, 2.05) is 23.6 Å². The zero-order valence-corrected chi connectivity index (χ0v) is 12.3. The minimum atomic E-state index is -0.275. The number of hydrogen-bond acceptors (Lipinski definition) is 3. The zero-order valence-electron chi connectivity index (χ0n) is 9.94. The van der Waals surface area contributed by atoms with Crippen LogP contribution in [0.3, 0.4) is 0 Å². The molecule has 2 aromatic rings. The van der Waals surface area contributed by atoms with Crippen LogP contribution in [0.4, 0.5) is 0 Å². The Morgan fingerprint density at radius 2 is 1.94 bits per heavy atom. The van der Waals surface area contributed by atoms with Gasteiger partial charge in [0.05, 0.1) is 19.6 Å². The normalized spacial score (nSPS) is 12.2. The van der Waals surface area contributed by atoms with Crippen molar-refractivity contribution in [2.45, 2.75) is 5.38 Å². The maximum Gasteiger partial charge on any atom is 0.146 e. The summed E-state index contributed by atoms with van der Waals surface area (Å²) in [7, 11) is 3.14. The van der Waals surface area contributed by atoms with Gasteiger partial charge in [0, 0.05) is 10.4 Å². The van der Waals surface area contributed by atoms with Gasteiger partial charge < -0.3 is 9.47 Å². The third-order valence-electron chi connectivity index (χ3n) is 2.58. The Balaban J connectivity index is 2.48. The van der Waals surface area contributed by atoms with Crippen LogP contribution in [0.1, 0.15) is 15.8 Å². The van der Waals surface area contributed by atoms with Crippen molar-refractivity contribution < 1.29 is 9.47 Å². The standard InChI is InChI=1S/C13H12Cl2O2S/c1-16-9-6-5-8(13(17-2)12(9)15)11(14)10-4-3-7-18-10/h3-7,11H,1-2H3. The number of thiophene rings is 1. The van der Waals surface area contributed by atoms with Crippen molar-refractivity contribution in [3.8, 4) is 11.5 Å². The summed E-state index contributed by atoms with van der Waals surface area (Å²) in [6.45, 7) is 0. The monoisotopic (exact) mass is 302 g/mol. The van der Waals surface area contributed by atoms with E-state index < -0.39 is 0 Å². The third kappa shape index (κ3) is 2.44. The van der Waals surface area contributed by atoms with E-state index in [1.165, 1.54) is 0 Å². The third-order valence-corrected chi connectivity index (χ3v) is 4.48. The Bertz CT molecular complexity index is 526. The van der Waals surface area contributed by atoms with Gasteiger partial charge in [-0.15, -0.1) is 22.9 Å². The van der Waals surface area contributed by atoms with Gasteiger partial charge in [-0.05, 0) is 23.6 Å². The van der Waals surface area contributed by atoms with E-state index in [0.717, 1.165) is 10.4 Å². The fraction of sp³-hybridized carbons (Fsp3) is 0.231. The molecule has 5 heteroatoms.